The van der Waals surface area contributed by atoms with Gasteiger partial charge in [0, 0.05) is 19.2 Å². The molecule has 4 aromatic rings. The minimum absolute atomic E-state index is 0.00644. The second-order valence-electron chi connectivity index (χ2n) is 8.02. The molecule has 0 aromatic heterocycles. The highest BCUT2D eigenvalue weighted by atomic mass is 32.2. The van der Waals surface area contributed by atoms with E-state index in [1.165, 1.54) is 37.4 Å². The topological polar surface area (TPSA) is 170 Å². The van der Waals surface area contributed by atoms with Crippen LogP contribution >= 0.6 is 0 Å². The van der Waals surface area contributed by atoms with Crippen molar-refractivity contribution in [2.75, 3.05) is 16.1 Å². The van der Waals surface area contributed by atoms with E-state index in [0.29, 0.717) is 0 Å². The molecular formula is C25H20F2N4O8S2. The first-order valence-corrected chi connectivity index (χ1v) is 14.2. The summed E-state index contributed by atoms with van der Waals surface area (Å²) in [6.45, 7) is 0. The summed E-state index contributed by atoms with van der Waals surface area (Å²) in [5.74, 6) is -2.05. The number of nitro groups is 2. The van der Waals surface area contributed by atoms with Crippen LogP contribution in [-0.4, -0.2) is 33.7 Å². The predicted molar refractivity (Wildman–Crippen MR) is 145 cm³/mol. The maximum atomic E-state index is 13.3. The third kappa shape index (κ3) is 7.37. The van der Waals surface area contributed by atoms with Gasteiger partial charge in [0.25, 0.3) is 20.0 Å². The van der Waals surface area contributed by atoms with Crippen molar-refractivity contribution in [1.82, 2.24) is 0 Å². The number of anilines is 2. The van der Waals surface area contributed by atoms with Gasteiger partial charge >= 0.3 is 11.4 Å². The van der Waals surface area contributed by atoms with E-state index in [1.807, 2.05) is 0 Å². The summed E-state index contributed by atoms with van der Waals surface area (Å²) in [6, 6.07) is 20.8. The number of nitrogens with one attached hydrogen (secondary N) is 1. The van der Waals surface area contributed by atoms with Crippen molar-refractivity contribution >= 4 is 42.8 Å². The molecular weight excluding hydrogens is 586 g/mol. The molecule has 1 N–H and O–H groups in total. The highest BCUT2D eigenvalue weighted by Gasteiger charge is 2.24. The zero-order chi connectivity index (χ0) is 30.4. The van der Waals surface area contributed by atoms with Gasteiger partial charge in [-0.15, -0.1) is 0 Å². The molecule has 0 unspecified atom stereocenters. The standard InChI is InChI=1S/C13H11FN2O4S.C12H9FN2O4S/c1-15(21(19,20)11-5-3-2-4-6-11)10-7-8-12(14)13(9-10)16(17)18;13-11-7-6-9(8-12(11)15(16)17)14-20(18,19)10-4-2-1-3-5-10/h2-9H,1H3;1-8,14H. The van der Waals surface area contributed by atoms with E-state index in [1.54, 1.807) is 36.4 Å². The van der Waals surface area contributed by atoms with Crippen molar-refractivity contribution in [3.8, 4) is 0 Å². The Morgan fingerprint density at radius 2 is 1.15 bits per heavy atom. The number of halogens is 2. The Hall–Kier alpha value is -4.96. The normalized spacial score (nSPS) is 11.1. The molecule has 0 saturated carbocycles. The van der Waals surface area contributed by atoms with Gasteiger partial charge in [0.05, 0.1) is 31.0 Å². The van der Waals surface area contributed by atoms with Crippen molar-refractivity contribution < 1.29 is 35.5 Å². The van der Waals surface area contributed by atoms with Crippen molar-refractivity contribution in [1.29, 1.82) is 0 Å². The number of hydrogen-bond donors (Lipinski definition) is 1. The van der Waals surface area contributed by atoms with E-state index in [0.717, 1.165) is 34.6 Å². The van der Waals surface area contributed by atoms with Crippen LogP contribution in [0.3, 0.4) is 0 Å². The molecule has 0 fully saturated rings. The van der Waals surface area contributed by atoms with E-state index in [9.17, 15) is 45.8 Å². The lowest BCUT2D eigenvalue weighted by atomic mass is 10.2. The van der Waals surface area contributed by atoms with Gasteiger partial charge in [0.1, 0.15) is 0 Å². The second kappa shape index (κ2) is 12.5. The first-order chi connectivity index (χ1) is 19.2. The third-order valence-electron chi connectivity index (χ3n) is 5.34. The highest BCUT2D eigenvalue weighted by Crippen LogP contribution is 2.28. The molecule has 0 heterocycles. The molecule has 0 aliphatic carbocycles. The maximum Gasteiger partial charge on any atom is 0.306 e. The van der Waals surface area contributed by atoms with E-state index < -0.39 is 52.9 Å². The van der Waals surface area contributed by atoms with Crippen molar-refractivity contribution in [3.63, 3.8) is 0 Å². The molecule has 16 heteroatoms. The number of nitrogens with zero attached hydrogens (tertiary/aromatic N) is 3. The fraction of sp³-hybridized carbons (Fsp3) is 0.0400. The predicted octanol–water partition coefficient (Wildman–Crippen LogP) is 5.09. The Morgan fingerprint density at radius 3 is 1.66 bits per heavy atom. The smallest absolute Gasteiger partial charge is 0.279 e. The van der Waals surface area contributed by atoms with E-state index in [2.05, 4.69) is 4.72 Å². The average molecular weight is 607 g/mol. The molecule has 12 nitrogen and oxygen atoms in total. The summed E-state index contributed by atoms with van der Waals surface area (Å²) in [4.78, 5) is 19.5. The van der Waals surface area contributed by atoms with Crippen LogP contribution in [-0.2, 0) is 20.0 Å². The number of hydrogen-bond acceptors (Lipinski definition) is 8. The van der Waals surface area contributed by atoms with Crippen LogP contribution in [0.25, 0.3) is 0 Å². The van der Waals surface area contributed by atoms with Crippen molar-refractivity contribution in [2.45, 2.75) is 9.79 Å². The monoisotopic (exact) mass is 606 g/mol. The lowest BCUT2D eigenvalue weighted by molar-refractivity contribution is -0.387. The van der Waals surface area contributed by atoms with Gasteiger partial charge in [-0.2, -0.15) is 8.78 Å². The molecule has 0 radical (unpaired) electrons. The fourth-order valence-electron chi connectivity index (χ4n) is 3.26. The molecule has 41 heavy (non-hydrogen) atoms. The SMILES string of the molecule is CN(c1ccc(F)c([N+](=O)[O-])c1)S(=O)(=O)c1ccccc1.O=[N+]([O-])c1cc(NS(=O)(=O)c2ccccc2)ccc1F. The first-order valence-electron chi connectivity index (χ1n) is 11.2. The van der Waals surface area contributed by atoms with Crippen molar-refractivity contribution in [3.05, 3.63) is 129 Å². The summed E-state index contributed by atoms with van der Waals surface area (Å²) >= 11 is 0. The quantitative estimate of drug-likeness (QED) is 0.213. The fourth-order valence-corrected chi connectivity index (χ4v) is 5.53. The number of nitro benzene ring substituents is 2. The Kier molecular flexibility index (Phi) is 9.31. The van der Waals surface area contributed by atoms with Crippen LogP contribution in [0.1, 0.15) is 0 Å². The molecule has 0 aliphatic heterocycles. The Bertz CT molecular complexity index is 1790. The summed E-state index contributed by atoms with van der Waals surface area (Å²) in [6.07, 6.45) is 0. The van der Waals surface area contributed by atoms with Crippen LogP contribution in [0.4, 0.5) is 31.5 Å². The summed E-state index contributed by atoms with van der Waals surface area (Å²) in [7, 11) is -6.47. The van der Waals surface area contributed by atoms with E-state index in [-0.39, 0.29) is 21.2 Å². The number of rotatable bonds is 8. The zero-order valence-corrected chi connectivity index (χ0v) is 22.6. The van der Waals surface area contributed by atoms with Crippen LogP contribution in [0.15, 0.2) is 107 Å². The van der Waals surface area contributed by atoms with Gasteiger partial charge < -0.3 is 0 Å². The number of sulfonamides is 2. The van der Waals surface area contributed by atoms with Crippen LogP contribution in [0.5, 0.6) is 0 Å². The zero-order valence-electron chi connectivity index (χ0n) is 20.9. The van der Waals surface area contributed by atoms with Gasteiger partial charge in [-0.25, -0.2) is 16.8 Å². The second-order valence-corrected chi connectivity index (χ2v) is 11.7. The van der Waals surface area contributed by atoms with E-state index in [4.69, 9.17) is 0 Å². The largest absolute Gasteiger partial charge is 0.306 e. The molecule has 4 rings (SSSR count). The summed E-state index contributed by atoms with van der Waals surface area (Å²) in [5, 5.41) is 21.3. The molecule has 0 atom stereocenters. The Morgan fingerprint density at radius 1 is 0.683 bits per heavy atom. The lowest BCUT2D eigenvalue weighted by Crippen LogP contribution is -2.26. The molecule has 214 valence electrons. The Balaban J connectivity index is 0.000000226. The average Bonchev–Trinajstić information content (AvgIpc) is 2.95. The molecule has 0 saturated heterocycles. The third-order valence-corrected chi connectivity index (χ3v) is 8.54. The minimum Gasteiger partial charge on any atom is -0.279 e. The molecule has 0 bridgehead atoms. The van der Waals surface area contributed by atoms with E-state index >= 15 is 0 Å². The molecule has 0 amide bonds. The number of benzene rings is 4. The van der Waals surface area contributed by atoms with Gasteiger partial charge in [-0.05, 0) is 48.5 Å². The van der Waals surface area contributed by atoms with Gasteiger partial charge in [0.2, 0.25) is 11.6 Å². The minimum atomic E-state index is -3.86. The Labute approximate surface area is 232 Å². The maximum absolute atomic E-state index is 13.3. The van der Waals surface area contributed by atoms with Crippen molar-refractivity contribution in [2.24, 2.45) is 0 Å². The molecule has 0 spiro atoms. The lowest BCUT2D eigenvalue weighted by Gasteiger charge is -2.19. The highest BCUT2D eigenvalue weighted by molar-refractivity contribution is 7.93. The summed E-state index contributed by atoms with van der Waals surface area (Å²) < 4.78 is 78.2. The van der Waals surface area contributed by atoms with Gasteiger partial charge in [-0.1, -0.05) is 36.4 Å². The molecule has 4 aromatic carbocycles. The first kappa shape index (κ1) is 30.6. The van der Waals surface area contributed by atoms with Gasteiger partial charge in [0.15, 0.2) is 0 Å². The van der Waals surface area contributed by atoms with Crippen LogP contribution in [0, 0.1) is 31.9 Å². The van der Waals surface area contributed by atoms with Crippen LogP contribution in [0.2, 0.25) is 0 Å². The van der Waals surface area contributed by atoms with Gasteiger partial charge in [-0.3, -0.25) is 29.3 Å². The molecule has 0 aliphatic rings. The van der Waals surface area contributed by atoms with Crippen LogP contribution < -0.4 is 9.03 Å². The summed E-state index contributed by atoms with van der Waals surface area (Å²) in [5.41, 5.74) is -1.64.